The Hall–Kier alpha value is -2.47. The Labute approximate surface area is 130 Å². The van der Waals surface area contributed by atoms with Crippen molar-refractivity contribution in [3.05, 3.63) is 64.7 Å². The van der Waals surface area contributed by atoms with Crippen LogP contribution >= 0.6 is 11.6 Å². The quantitative estimate of drug-likeness (QED) is 0.853. The fourth-order valence-electron chi connectivity index (χ4n) is 1.64. The Morgan fingerprint density at radius 2 is 1.68 bits per heavy atom. The minimum atomic E-state index is -1.08. The van der Waals surface area contributed by atoms with Gasteiger partial charge in [0.1, 0.15) is 11.6 Å². The average Bonchev–Trinajstić information content (AvgIpc) is 2.50. The zero-order valence-corrected chi connectivity index (χ0v) is 12.0. The molecule has 0 saturated carbocycles. The molecule has 0 unspecified atom stereocenters. The molecule has 0 fully saturated rings. The maximum atomic E-state index is 13.4. The lowest BCUT2D eigenvalue weighted by Gasteiger charge is -2.07. The van der Waals surface area contributed by atoms with E-state index in [1.165, 1.54) is 0 Å². The third kappa shape index (κ3) is 4.26. The minimum Gasteiger partial charge on any atom is -0.344 e. The molecule has 0 radical (unpaired) electrons. The van der Waals surface area contributed by atoms with Gasteiger partial charge in [0, 0.05) is 17.6 Å². The van der Waals surface area contributed by atoms with Crippen molar-refractivity contribution in [1.29, 1.82) is 0 Å². The highest BCUT2D eigenvalue weighted by molar-refractivity contribution is 6.39. The Balaban J connectivity index is 1.93. The minimum absolute atomic E-state index is 0.106. The lowest BCUT2D eigenvalue weighted by Crippen LogP contribution is -2.35. The summed E-state index contributed by atoms with van der Waals surface area (Å²) in [5.41, 5.74) is 0.342. The van der Waals surface area contributed by atoms with E-state index in [2.05, 4.69) is 5.32 Å². The molecular formula is C15H11ClF2N2O2. The fourth-order valence-corrected chi connectivity index (χ4v) is 1.76. The summed E-state index contributed by atoms with van der Waals surface area (Å²) in [4.78, 5) is 23.2. The van der Waals surface area contributed by atoms with Gasteiger partial charge in [0.05, 0.1) is 5.69 Å². The molecule has 0 spiro atoms. The van der Waals surface area contributed by atoms with Gasteiger partial charge in [-0.2, -0.15) is 0 Å². The van der Waals surface area contributed by atoms with E-state index in [0.29, 0.717) is 5.02 Å². The van der Waals surface area contributed by atoms with E-state index in [-0.39, 0.29) is 6.54 Å². The van der Waals surface area contributed by atoms with Crippen molar-refractivity contribution in [2.75, 3.05) is 5.32 Å². The van der Waals surface area contributed by atoms with Gasteiger partial charge in [-0.25, -0.2) is 8.78 Å². The van der Waals surface area contributed by atoms with E-state index in [9.17, 15) is 18.4 Å². The van der Waals surface area contributed by atoms with Crippen LogP contribution in [0.2, 0.25) is 5.02 Å². The summed E-state index contributed by atoms with van der Waals surface area (Å²) in [7, 11) is 0. The summed E-state index contributed by atoms with van der Waals surface area (Å²) in [5, 5.41) is 4.92. The molecule has 4 nitrogen and oxygen atoms in total. The molecule has 2 rings (SSSR count). The first-order valence-corrected chi connectivity index (χ1v) is 6.62. The molecule has 7 heteroatoms. The van der Waals surface area contributed by atoms with Gasteiger partial charge in [0.15, 0.2) is 0 Å². The maximum absolute atomic E-state index is 13.4. The highest BCUT2D eigenvalue weighted by atomic mass is 35.5. The maximum Gasteiger partial charge on any atom is 0.313 e. The first kappa shape index (κ1) is 15.9. The molecule has 114 valence electrons. The average molecular weight is 325 g/mol. The van der Waals surface area contributed by atoms with Crippen LogP contribution in [0.1, 0.15) is 5.56 Å². The van der Waals surface area contributed by atoms with Crippen LogP contribution in [0.25, 0.3) is 0 Å². The van der Waals surface area contributed by atoms with Crippen molar-refractivity contribution in [3.63, 3.8) is 0 Å². The lowest BCUT2D eigenvalue weighted by molar-refractivity contribution is -0.136. The predicted molar refractivity (Wildman–Crippen MR) is 78.3 cm³/mol. The molecule has 0 heterocycles. The zero-order chi connectivity index (χ0) is 16.1. The van der Waals surface area contributed by atoms with E-state index in [0.717, 1.165) is 23.8 Å². The SMILES string of the molecule is O=C(NCc1ccc(Cl)cc1)C(=O)Nc1cc(F)ccc1F. The molecule has 0 saturated heterocycles. The number of rotatable bonds is 3. The van der Waals surface area contributed by atoms with Crippen LogP contribution in [-0.2, 0) is 16.1 Å². The van der Waals surface area contributed by atoms with Crippen LogP contribution in [-0.4, -0.2) is 11.8 Å². The summed E-state index contributed by atoms with van der Waals surface area (Å²) in [6.45, 7) is 0.106. The van der Waals surface area contributed by atoms with Crippen LogP contribution in [0.4, 0.5) is 14.5 Å². The number of amides is 2. The van der Waals surface area contributed by atoms with Crippen molar-refractivity contribution in [2.24, 2.45) is 0 Å². The number of nitrogens with one attached hydrogen (secondary N) is 2. The molecule has 2 aromatic carbocycles. The van der Waals surface area contributed by atoms with E-state index in [1.54, 1.807) is 24.3 Å². The molecule has 0 aliphatic carbocycles. The lowest BCUT2D eigenvalue weighted by atomic mass is 10.2. The van der Waals surface area contributed by atoms with Crippen LogP contribution in [0.5, 0.6) is 0 Å². The first-order valence-electron chi connectivity index (χ1n) is 6.24. The number of hydrogen-bond donors (Lipinski definition) is 2. The molecule has 2 aromatic rings. The molecule has 0 aliphatic rings. The standard InChI is InChI=1S/C15H11ClF2N2O2/c16-10-3-1-9(2-4-10)8-19-14(21)15(22)20-13-7-11(17)5-6-12(13)18/h1-7H,8H2,(H,19,21)(H,20,22). The van der Waals surface area contributed by atoms with Gasteiger partial charge in [-0.05, 0) is 29.8 Å². The second-order valence-corrected chi connectivity index (χ2v) is 4.82. The number of benzene rings is 2. The summed E-state index contributed by atoms with van der Waals surface area (Å²) < 4.78 is 26.3. The summed E-state index contributed by atoms with van der Waals surface area (Å²) >= 11 is 5.73. The fraction of sp³-hybridized carbons (Fsp3) is 0.0667. The predicted octanol–water partition coefficient (Wildman–Crippen LogP) is 2.87. The summed E-state index contributed by atoms with van der Waals surface area (Å²) in [6, 6.07) is 9.22. The first-order chi connectivity index (χ1) is 10.5. The highest BCUT2D eigenvalue weighted by Crippen LogP contribution is 2.15. The summed E-state index contributed by atoms with van der Waals surface area (Å²) in [5.74, 6) is -3.60. The van der Waals surface area contributed by atoms with Gasteiger partial charge in [-0.3, -0.25) is 9.59 Å². The number of anilines is 1. The van der Waals surface area contributed by atoms with Crippen LogP contribution in [0.15, 0.2) is 42.5 Å². The molecule has 2 amide bonds. The molecule has 0 atom stereocenters. The van der Waals surface area contributed by atoms with Gasteiger partial charge in [-0.1, -0.05) is 23.7 Å². The van der Waals surface area contributed by atoms with Crippen molar-refractivity contribution >= 4 is 29.1 Å². The molecular weight excluding hydrogens is 314 g/mol. The second-order valence-electron chi connectivity index (χ2n) is 4.39. The zero-order valence-electron chi connectivity index (χ0n) is 11.2. The number of hydrogen-bond acceptors (Lipinski definition) is 2. The topological polar surface area (TPSA) is 58.2 Å². The van der Waals surface area contributed by atoms with E-state index >= 15 is 0 Å². The van der Waals surface area contributed by atoms with E-state index < -0.39 is 29.1 Å². The molecule has 22 heavy (non-hydrogen) atoms. The van der Waals surface area contributed by atoms with Crippen LogP contribution in [0, 0.1) is 11.6 Å². The van der Waals surface area contributed by atoms with Gasteiger partial charge in [-0.15, -0.1) is 0 Å². The van der Waals surface area contributed by atoms with Crippen molar-refractivity contribution in [1.82, 2.24) is 5.32 Å². The summed E-state index contributed by atoms with van der Waals surface area (Å²) in [6.07, 6.45) is 0. The van der Waals surface area contributed by atoms with Crippen LogP contribution < -0.4 is 10.6 Å². The number of carbonyl (C=O) groups excluding carboxylic acids is 2. The van der Waals surface area contributed by atoms with Crippen molar-refractivity contribution in [2.45, 2.75) is 6.54 Å². The van der Waals surface area contributed by atoms with Gasteiger partial charge < -0.3 is 10.6 Å². The van der Waals surface area contributed by atoms with E-state index in [4.69, 9.17) is 11.6 Å². The molecule has 0 aliphatic heterocycles. The Bertz CT molecular complexity index is 705. The Morgan fingerprint density at radius 1 is 1.00 bits per heavy atom. The number of halogens is 3. The highest BCUT2D eigenvalue weighted by Gasteiger charge is 2.15. The van der Waals surface area contributed by atoms with Crippen LogP contribution in [0.3, 0.4) is 0 Å². The van der Waals surface area contributed by atoms with Gasteiger partial charge in [0.25, 0.3) is 0 Å². The van der Waals surface area contributed by atoms with Crippen molar-refractivity contribution < 1.29 is 18.4 Å². The normalized spacial score (nSPS) is 10.1. The van der Waals surface area contributed by atoms with E-state index in [1.807, 2.05) is 5.32 Å². The monoisotopic (exact) mass is 324 g/mol. The van der Waals surface area contributed by atoms with Crippen molar-refractivity contribution in [3.8, 4) is 0 Å². The molecule has 2 N–H and O–H groups in total. The second kappa shape index (κ2) is 7.00. The molecule has 0 aromatic heterocycles. The largest absolute Gasteiger partial charge is 0.344 e. The smallest absolute Gasteiger partial charge is 0.313 e. The third-order valence-electron chi connectivity index (χ3n) is 2.75. The number of carbonyl (C=O) groups is 2. The Kier molecular flexibility index (Phi) is 5.06. The molecule has 0 bridgehead atoms. The Morgan fingerprint density at radius 3 is 2.36 bits per heavy atom. The van der Waals surface area contributed by atoms with Gasteiger partial charge in [0.2, 0.25) is 0 Å². The van der Waals surface area contributed by atoms with Gasteiger partial charge >= 0.3 is 11.8 Å². The third-order valence-corrected chi connectivity index (χ3v) is 3.00.